The number of halogens is 2. The fourth-order valence-electron chi connectivity index (χ4n) is 2.19. The lowest BCUT2D eigenvalue weighted by molar-refractivity contribution is 0.0950. The monoisotopic (exact) mass is 301 g/mol. The Labute approximate surface area is 125 Å². The molecule has 0 saturated carbocycles. The Morgan fingerprint density at radius 3 is 2.82 bits per heavy atom. The summed E-state index contributed by atoms with van der Waals surface area (Å²) in [6.45, 7) is 0.301. The Kier molecular flexibility index (Phi) is 3.82. The van der Waals surface area contributed by atoms with E-state index in [2.05, 4.69) is 15.3 Å². The van der Waals surface area contributed by atoms with Crippen LogP contribution >= 0.6 is 0 Å². The highest BCUT2D eigenvalue weighted by Gasteiger charge is 2.10. The van der Waals surface area contributed by atoms with Gasteiger partial charge in [-0.25, -0.2) is 13.8 Å². The van der Waals surface area contributed by atoms with Gasteiger partial charge in [0, 0.05) is 13.0 Å². The van der Waals surface area contributed by atoms with Crippen LogP contribution in [0.4, 0.5) is 8.78 Å². The van der Waals surface area contributed by atoms with Crippen LogP contribution in [0.3, 0.4) is 0 Å². The highest BCUT2D eigenvalue weighted by molar-refractivity contribution is 5.94. The number of imidazole rings is 1. The molecule has 0 saturated heterocycles. The normalized spacial score (nSPS) is 10.8. The fraction of sp³-hybridized carbons (Fsp3) is 0.125. The number of amides is 1. The molecule has 3 aromatic rings. The van der Waals surface area contributed by atoms with E-state index in [-0.39, 0.29) is 11.4 Å². The molecule has 2 N–H and O–H groups in total. The van der Waals surface area contributed by atoms with E-state index in [4.69, 9.17) is 0 Å². The van der Waals surface area contributed by atoms with Gasteiger partial charge in [-0.05, 0) is 30.3 Å². The van der Waals surface area contributed by atoms with Crippen molar-refractivity contribution in [2.75, 3.05) is 6.54 Å². The van der Waals surface area contributed by atoms with E-state index >= 15 is 0 Å². The van der Waals surface area contributed by atoms with Gasteiger partial charge in [-0.1, -0.05) is 12.1 Å². The molecule has 6 heteroatoms. The van der Waals surface area contributed by atoms with E-state index < -0.39 is 11.7 Å². The van der Waals surface area contributed by atoms with Crippen LogP contribution in [0, 0.1) is 11.6 Å². The predicted molar refractivity (Wildman–Crippen MR) is 78.5 cm³/mol. The molecule has 22 heavy (non-hydrogen) atoms. The van der Waals surface area contributed by atoms with Gasteiger partial charge in [0.1, 0.15) is 17.5 Å². The number of rotatable bonds is 4. The van der Waals surface area contributed by atoms with Gasteiger partial charge in [-0.3, -0.25) is 4.79 Å². The highest BCUT2D eigenvalue weighted by Crippen LogP contribution is 2.13. The second-order valence-corrected chi connectivity index (χ2v) is 4.83. The second kappa shape index (κ2) is 5.93. The molecular weight excluding hydrogens is 288 g/mol. The summed E-state index contributed by atoms with van der Waals surface area (Å²) in [4.78, 5) is 19.1. The number of nitrogens with one attached hydrogen (secondary N) is 2. The van der Waals surface area contributed by atoms with Gasteiger partial charge < -0.3 is 10.3 Å². The van der Waals surface area contributed by atoms with Crippen molar-refractivity contribution in [3.63, 3.8) is 0 Å². The zero-order valence-electron chi connectivity index (χ0n) is 11.6. The lowest BCUT2D eigenvalue weighted by atomic mass is 10.2. The lowest BCUT2D eigenvalue weighted by Crippen LogP contribution is -2.26. The molecule has 0 spiro atoms. The maximum atomic E-state index is 13.5. The molecule has 0 unspecified atom stereocenters. The minimum Gasteiger partial charge on any atom is -0.351 e. The van der Waals surface area contributed by atoms with E-state index in [0.29, 0.717) is 29.8 Å². The van der Waals surface area contributed by atoms with Crippen molar-refractivity contribution in [2.24, 2.45) is 0 Å². The minimum atomic E-state index is -0.556. The molecule has 0 bridgehead atoms. The molecule has 3 rings (SSSR count). The summed E-state index contributed by atoms with van der Waals surface area (Å²) >= 11 is 0. The highest BCUT2D eigenvalue weighted by atomic mass is 19.1. The van der Waals surface area contributed by atoms with Crippen molar-refractivity contribution >= 4 is 16.9 Å². The molecule has 0 aliphatic heterocycles. The molecule has 0 aliphatic carbocycles. The van der Waals surface area contributed by atoms with Crippen LogP contribution in [0.2, 0.25) is 0 Å². The van der Waals surface area contributed by atoms with Gasteiger partial charge in [0.15, 0.2) is 0 Å². The van der Waals surface area contributed by atoms with E-state index in [1.807, 2.05) is 0 Å². The first-order chi connectivity index (χ1) is 10.6. The smallest absolute Gasteiger partial charge is 0.254 e. The Morgan fingerprint density at radius 2 is 2.00 bits per heavy atom. The molecule has 2 aromatic carbocycles. The number of benzene rings is 2. The number of H-pyrrole nitrogens is 1. The minimum absolute atomic E-state index is 0.00850. The van der Waals surface area contributed by atoms with Crippen LogP contribution < -0.4 is 5.32 Å². The quantitative estimate of drug-likeness (QED) is 0.778. The maximum absolute atomic E-state index is 13.5. The molecule has 4 nitrogen and oxygen atoms in total. The largest absolute Gasteiger partial charge is 0.351 e. The van der Waals surface area contributed by atoms with Gasteiger partial charge in [0.05, 0.1) is 16.6 Å². The summed E-state index contributed by atoms with van der Waals surface area (Å²) < 4.78 is 26.5. The summed E-state index contributed by atoms with van der Waals surface area (Å²) in [5.41, 5.74) is 1.28. The van der Waals surface area contributed by atoms with Crippen molar-refractivity contribution in [3.8, 4) is 0 Å². The third-order valence-corrected chi connectivity index (χ3v) is 3.26. The van der Waals surface area contributed by atoms with Crippen LogP contribution in [-0.2, 0) is 6.42 Å². The summed E-state index contributed by atoms with van der Waals surface area (Å²) in [7, 11) is 0. The Hall–Kier alpha value is -2.76. The number of aromatic amines is 1. The SMILES string of the molecule is O=C(NCCc1nc2ccc(F)cc2[nH]1)c1ccccc1F. The molecule has 1 amide bonds. The van der Waals surface area contributed by atoms with Gasteiger partial charge >= 0.3 is 0 Å². The Morgan fingerprint density at radius 1 is 1.18 bits per heavy atom. The standard InChI is InChI=1S/C16H13F2N3O/c17-10-5-6-13-14(9-10)21-15(20-13)7-8-19-16(22)11-3-1-2-4-12(11)18/h1-6,9H,7-8H2,(H,19,22)(H,20,21). The van der Waals surface area contributed by atoms with Crippen LogP contribution in [0.25, 0.3) is 11.0 Å². The second-order valence-electron chi connectivity index (χ2n) is 4.83. The zero-order valence-corrected chi connectivity index (χ0v) is 11.6. The first kappa shape index (κ1) is 14.2. The van der Waals surface area contributed by atoms with Crippen molar-refractivity contribution in [1.82, 2.24) is 15.3 Å². The van der Waals surface area contributed by atoms with Crippen molar-refractivity contribution < 1.29 is 13.6 Å². The molecule has 0 aliphatic rings. The van der Waals surface area contributed by atoms with Gasteiger partial charge in [0.2, 0.25) is 0 Å². The third-order valence-electron chi connectivity index (χ3n) is 3.26. The topological polar surface area (TPSA) is 57.8 Å². The summed E-state index contributed by atoms with van der Waals surface area (Å²) in [6, 6.07) is 10.1. The van der Waals surface area contributed by atoms with Crippen LogP contribution in [0.5, 0.6) is 0 Å². The van der Waals surface area contributed by atoms with E-state index in [1.165, 1.54) is 30.3 Å². The zero-order chi connectivity index (χ0) is 15.5. The Balaban J connectivity index is 1.62. The molecule has 0 atom stereocenters. The van der Waals surface area contributed by atoms with Gasteiger partial charge in [0.25, 0.3) is 5.91 Å². The lowest BCUT2D eigenvalue weighted by Gasteiger charge is -2.04. The van der Waals surface area contributed by atoms with Crippen molar-refractivity contribution in [3.05, 3.63) is 65.5 Å². The predicted octanol–water partition coefficient (Wildman–Crippen LogP) is 2.81. The molecule has 0 fully saturated rings. The van der Waals surface area contributed by atoms with E-state index in [0.717, 1.165) is 0 Å². The number of carbonyl (C=O) groups is 1. The third kappa shape index (κ3) is 2.95. The maximum Gasteiger partial charge on any atom is 0.254 e. The number of hydrogen-bond acceptors (Lipinski definition) is 2. The molecule has 1 aromatic heterocycles. The Bertz CT molecular complexity index is 829. The molecular formula is C16H13F2N3O. The summed E-state index contributed by atoms with van der Waals surface area (Å²) in [6.07, 6.45) is 0.441. The molecule has 1 heterocycles. The van der Waals surface area contributed by atoms with Crippen LogP contribution in [0.15, 0.2) is 42.5 Å². The molecule has 112 valence electrons. The number of carbonyl (C=O) groups excluding carboxylic acids is 1. The average Bonchev–Trinajstić information content (AvgIpc) is 2.89. The first-order valence-corrected chi connectivity index (χ1v) is 6.80. The van der Waals surface area contributed by atoms with Gasteiger partial charge in [-0.2, -0.15) is 0 Å². The number of aromatic nitrogens is 2. The van der Waals surface area contributed by atoms with Gasteiger partial charge in [-0.15, -0.1) is 0 Å². The van der Waals surface area contributed by atoms with E-state index in [9.17, 15) is 13.6 Å². The number of hydrogen-bond donors (Lipinski definition) is 2. The molecule has 0 radical (unpaired) electrons. The average molecular weight is 301 g/mol. The van der Waals surface area contributed by atoms with Crippen LogP contribution in [0.1, 0.15) is 16.2 Å². The fourth-order valence-corrected chi connectivity index (χ4v) is 2.19. The summed E-state index contributed by atoms with van der Waals surface area (Å²) in [5, 5.41) is 2.63. The van der Waals surface area contributed by atoms with Crippen molar-refractivity contribution in [1.29, 1.82) is 0 Å². The number of nitrogens with zero attached hydrogens (tertiary/aromatic N) is 1. The van der Waals surface area contributed by atoms with Crippen LogP contribution in [-0.4, -0.2) is 22.4 Å². The van der Waals surface area contributed by atoms with Crippen molar-refractivity contribution in [2.45, 2.75) is 6.42 Å². The van der Waals surface area contributed by atoms with E-state index in [1.54, 1.807) is 12.1 Å². The summed E-state index contributed by atoms with van der Waals surface area (Å²) in [5.74, 6) is -0.732. The first-order valence-electron chi connectivity index (χ1n) is 6.80. The number of fused-ring (bicyclic) bond motifs is 1.